The van der Waals surface area contributed by atoms with Gasteiger partial charge in [0.05, 0.1) is 11.7 Å². The predicted molar refractivity (Wildman–Crippen MR) is 100 cm³/mol. The number of aliphatic hydroxyl groups excluding tert-OH is 1. The number of nitrogens with zero attached hydrogens (tertiary/aromatic N) is 3. The normalized spacial score (nSPS) is 16.6. The van der Waals surface area contributed by atoms with Gasteiger partial charge in [-0.2, -0.15) is 5.10 Å². The maximum atomic E-state index is 9.30. The van der Waals surface area contributed by atoms with Crippen molar-refractivity contribution >= 4 is 0 Å². The molecular weight excluding hydrogens is 312 g/mol. The summed E-state index contributed by atoms with van der Waals surface area (Å²) in [6.45, 7) is 5.34. The number of aliphatic hydroxyl groups is 1. The summed E-state index contributed by atoms with van der Waals surface area (Å²) in [6.07, 6.45) is 9.82. The Morgan fingerprint density at radius 3 is 2.72 bits per heavy atom. The average Bonchev–Trinajstić information content (AvgIpc) is 3.28. The van der Waals surface area contributed by atoms with Crippen molar-refractivity contribution in [2.75, 3.05) is 6.61 Å². The van der Waals surface area contributed by atoms with Crippen molar-refractivity contribution in [2.45, 2.75) is 64.6 Å². The Morgan fingerprint density at radius 1 is 1.28 bits per heavy atom. The molecule has 0 spiro atoms. The van der Waals surface area contributed by atoms with Gasteiger partial charge >= 0.3 is 0 Å². The number of hydrogen-bond acceptors (Lipinski definition) is 4. The molecule has 136 valence electrons. The number of rotatable bonds is 8. The first-order chi connectivity index (χ1) is 12.2. The van der Waals surface area contributed by atoms with E-state index in [0.29, 0.717) is 18.0 Å². The van der Waals surface area contributed by atoms with Gasteiger partial charge in [0, 0.05) is 37.2 Å². The molecule has 5 nitrogen and oxygen atoms in total. The van der Waals surface area contributed by atoms with Crippen LogP contribution in [0.4, 0.5) is 0 Å². The van der Waals surface area contributed by atoms with Crippen molar-refractivity contribution in [1.82, 2.24) is 20.1 Å². The van der Waals surface area contributed by atoms with E-state index in [1.54, 1.807) is 0 Å². The fourth-order valence-electron chi connectivity index (χ4n) is 3.68. The lowest BCUT2D eigenvalue weighted by Crippen LogP contribution is -2.34. The molecular formula is C20H30N4O. The highest BCUT2D eigenvalue weighted by molar-refractivity contribution is 5.58. The van der Waals surface area contributed by atoms with Crippen LogP contribution in [0.1, 0.15) is 57.6 Å². The van der Waals surface area contributed by atoms with Crippen molar-refractivity contribution in [2.24, 2.45) is 5.92 Å². The Morgan fingerprint density at radius 2 is 2.08 bits per heavy atom. The SMILES string of the molecule is CC(C)C(CCO)NCc1cn(C2CCCC2)nc1-c1ccccn1. The van der Waals surface area contributed by atoms with Crippen LogP contribution in [0.5, 0.6) is 0 Å². The molecule has 2 aromatic rings. The molecule has 0 saturated heterocycles. The van der Waals surface area contributed by atoms with Gasteiger partial charge in [-0.3, -0.25) is 9.67 Å². The molecule has 1 aliphatic rings. The molecule has 1 fully saturated rings. The molecule has 0 bridgehead atoms. The van der Waals surface area contributed by atoms with Crippen LogP contribution in [0.15, 0.2) is 30.6 Å². The Balaban J connectivity index is 1.83. The molecule has 1 atom stereocenters. The van der Waals surface area contributed by atoms with Crippen molar-refractivity contribution in [3.8, 4) is 11.4 Å². The predicted octanol–water partition coefficient (Wildman–Crippen LogP) is 3.56. The second kappa shape index (κ2) is 8.59. The lowest BCUT2D eigenvalue weighted by molar-refractivity contribution is 0.244. The van der Waals surface area contributed by atoms with Gasteiger partial charge in [-0.15, -0.1) is 0 Å². The largest absolute Gasteiger partial charge is 0.396 e. The molecule has 0 amide bonds. The quantitative estimate of drug-likeness (QED) is 0.770. The number of hydrogen-bond donors (Lipinski definition) is 2. The molecule has 0 aliphatic heterocycles. The molecule has 25 heavy (non-hydrogen) atoms. The minimum absolute atomic E-state index is 0.213. The van der Waals surface area contributed by atoms with Gasteiger partial charge in [-0.25, -0.2) is 0 Å². The van der Waals surface area contributed by atoms with Gasteiger partial charge in [0.25, 0.3) is 0 Å². The Bertz CT molecular complexity index is 647. The molecule has 1 saturated carbocycles. The van der Waals surface area contributed by atoms with Crippen LogP contribution in [0, 0.1) is 5.92 Å². The van der Waals surface area contributed by atoms with Crippen molar-refractivity contribution in [3.05, 3.63) is 36.2 Å². The van der Waals surface area contributed by atoms with Crippen LogP contribution in [0.2, 0.25) is 0 Å². The Labute approximate surface area is 150 Å². The fourth-order valence-corrected chi connectivity index (χ4v) is 3.68. The van der Waals surface area contributed by atoms with E-state index in [1.165, 1.54) is 31.2 Å². The van der Waals surface area contributed by atoms with Crippen LogP contribution < -0.4 is 5.32 Å². The van der Waals surface area contributed by atoms with Crippen LogP contribution in [0.3, 0.4) is 0 Å². The van der Waals surface area contributed by atoms with E-state index < -0.39 is 0 Å². The van der Waals surface area contributed by atoms with Crippen LogP contribution in [-0.4, -0.2) is 32.5 Å². The van der Waals surface area contributed by atoms with Crippen molar-refractivity contribution in [3.63, 3.8) is 0 Å². The van der Waals surface area contributed by atoms with Crippen molar-refractivity contribution < 1.29 is 5.11 Å². The van der Waals surface area contributed by atoms with Gasteiger partial charge in [0.15, 0.2) is 0 Å². The Kier molecular flexibility index (Phi) is 6.21. The lowest BCUT2D eigenvalue weighted by Gasteiger charge is -2.21. The van der Waals surface area contributed by atoms with Gasteiger partial charge in [-0.05, 0) is 37.3 Å². The topological polar surface area (TPSA) is 63.0 Å². The monoisotopic (exact) mass is 342 g/mol. The van der Waals surface area contributed by atoms with E-state index in [2.05, 4.69) is 35.0 Å². The molecule has 1 aliphatic carbocycles. The highest BCUT2D eigenvalue weighted by Crippen LogP contribution is 2.31. The molecule has 2 aromatic heterocycles. The molecule has 1 unspecified atom stereocenters. The zero-order valence-corrected chi connectivity index (χ0v) is 15.4. The van der Waals surface area contributed by atoms with Gasteiger partial charge in [-0.1, -0.05) is 32.8 Å². The second-order valence-corrected chi connectivity index (χ2v) is 7.38. The summed E-state index contributed by atoms with van der Waals surface area (Å²) in [5.41, 5.74) is 3.10. The second-order valence-electron chi connectivity index (χ2n) is 7.38. The first-order valence-electron chi connectivity index (χ1n) is 9.52. The standard InChI is InChI=1S/C20H30N4O/c1-15(2)18(10-12-25)22-13-16-14-24(17-7-3-4-8-17)23-20(16)19-9-5-6-11-21-19/h5-6,9,11,14-15,17-18,22,25H,3-4,7-8,10,12-13H2,1-2H3. The number of aromatic nitrogens is 3. The summed E-state index contributed by atoms with van der Waals surface area (Å²) in [7, 11) is 0. The third kappa shape index (κ3) is 4.47. The minimum atomic E-state index is 0.213. The summed E-state index contributed by atoms with van der Waals surface area (Å²) < 4.78 is 2.16. The maximum absolute atomic E-state index is 9.30. The van der Waals surface area contributed by atoms with Crippen LogP contribution >= 0.6 is 0 Å². The highest BCUT2D eigenvalue weighted by Gasteiger charge is 2.21. The Hall–Kier alpha value is -1.72. The minimum Gasteiger partial charge on any atom is -0.396 e. The molecule has 3 rings (SSSR count). The number of nitrogens with one attached hydrogen (secondary N) is 1. The third-order valence-corrected chi connectivity index (χ3v) is 5.21. The lowest BCUT2D eigenvalue weighted by atomic mass is 10.0. The summed E-state index contributed by atoms with van der Waals surface area (Å²) >= 11 is 0. The van der Waals surface area contributed by atoms with E-state index >= 15 is 0 Å². The zero-order chi connectivity index (χ0) is 17.6. The smallest absolute Gasteiger partial charge is 0.115 e. The fraction of sp³-hybridized carbons (Fsp3) is 0.600. The van der Waals surface area contributed by atoms with Gasteiger partial charge in [0.1, 0.15) is 5.69 Å². The molecule has 2 N–H and O–H groups in total. The van der Waals surface area contributed by atoms with E-state index in [1.807, 2.05) is 24.4 Å². The van der Waals surface area contributed by atoms with E-state index in [9.17, 15) is 5.11 Å². The molecule has 2 heterocycles. The van der Waals surface area contributed by atoms with E-state index in [-0.39, 0.29) is 6.61 Å². The highest BCUT2D eigenvalue weighted by atomic mass is 16.3. The third-order valence-electron chi connectivity index (χ3n) is 5.21. The molecule has 5 heteroatoms. The van der Waals surface area contributed by atoms with Crippen LogP contribution in [-0.2, 0) is 6.54 Å². The van der Waals surface area contributed by atoms with Crippen molar-refractivity contribution in [1.29, 1.82) is 0 Å². The van der Waals surface area contributed by atoms with Gasteiger partial charge < -0.3 is 10.4 Å². The molecule has 0 radical (unpaired) electrons. The first kappa shape index (κ1) is 18.1. The summed E-state index contributed by atoms with van der Waals surface area (Å²) in [6, 6.07) is 6.80. The number of pyridine rings is 1. The van der Waals surface area contributed by atoms with Crippen LogP contribution in [0.25, 0.3) is 11.4 Å². The first-order valence-corrected chi connectivity index (χ1v) is 9.52. The summed E-state index contributed by atoms with van der Waals surface area (Å²) in [5, 5.41) is 17.8. The van der Waals surface area contributed by atoms with E-state index in [4.69, 9.17) is 5.10 Å². The molecule has 0 aromatic carbocycles. The van der Waals surface area contributed by atoms with Gasteiger partial charge in [0.2, 0.25) is 0 Å². The average molecular weight is 342 g/mol. The zero-order valence-electron chi connectivity index (χ0n) is 15.4. The summed E-state index contributed by atoms with van der Waals surface area (Å²) in [5.74, 6) is 0.482. The van der Waals surface area contributed by atoms with E-state index in [0.717, 1.165) is 24.4 Å². The maximum Gasteiger partial charge on any atom is 0.115 e. The summed E-state index contributed by atoms with van der Waals surface area (Å²) in [4.78, 5) is 4.50.